The molecule has 0 saturated heterocycles. The Morgan fingerprint density at radius 1 is 0.920 bits per heavy atom. The van der Waals surface area contributed by atoms with Crippen molar-refractivity contribution in [1.29, 1.82) is 0 Å². The van der Waals surface area contributed by atoms with Crippen molar-refractivity contribution in [3.8, 4) is 11.5 Å². The Kier molecular flexibility index (Phi) is 5.74. The molecule has 0 saturated carbocycles. The van der Waals surface area contributed by atoms with Crippen molar-refractivity contribution in [2.24, 2.45) is 0 Å². The molecule has 4 nitrogen and oxygen atoms in total. The normalized spacial score (nSPS) is 10.5. The highest BCUT2D eigenvalue weighted by molar-refractivity contribution is 6.33. The SMILES string of the molecule is Cc1ncnc(NCCc2ccc(Oc3ccc(Cl)cc3)cc2)c1Cl. The molecule has 2 aromatic carbocycles. The minimum Gasteiger partial charge on any atom is -0.457 e. The fourth-order valence-corrected chi connectivity index (χ4v) is 2.56. The lowest BCUT2D eigenvalue weighted by molar-refractivity contribution is 0.482. The number of halogens is 2. The molecular weight excluding hydrogens is 357 g/mol. The zero-order chi connectivity index (χ0) is 17.6. The molecule has 0 atom stereocenters. The van der Waals surface area contributed by atoms with Crippen molar-refractivity contribution in [2.75, 3.05) is 11.9 Å². The van der Waals surface area contributed by atoms with Gasteiger partial charge in [-0.05, 0) is 55.3 Å². The molecule has 3 aromatic rings. The molecule has 0 radical (unpaired) electrons. The van der Waals surface area contributed by atoms with Crippen LogP contribution in [0.4, 0.5) is 5.82 Å². The minimum absolute atomic E-state index is 0.564. The van der Waals surface area contributed by atoms with Crippen LogP contribution in [0, 0.1) is 6.92 Å². The third-order valence-electron chi connectivity index (χ3n) is 3.64. The maximum absolute atomic E-state index is 6.17. The monoisotopic (exact) mass is 373 g/mol. The minimum atomic E-state index is 0.564. The summed E-state index contributed by atoms with van der Waals surface area (Å²) < 4.78 is 5.78. The molecule has 0 unspecified atom stereocenters. The van der Waals surface area contributed by atoms with Crippen LogP contribution in [0.5, 0.6) is 11.5 Å². The molecule has 0 aliphatic heterocycles. The predicted molar refractivity (Wildman–Crippen MR) is 102 cm³/mol. The summed E-state index contributed by atoms with van der Waals surface area (Å²) in [4.78, 5) is 8.20. The van der Waals surface area contributed by atoms with Crippen molar-refractivity contribution in [3.63, 3.8) is 0 Å². The van der Waals surface area contributed by atoms with Gasteiger partial charge in [-0.25, -0.2) is 9.97 Å². The summed E-state index contributed by atoms with van der Waals surface area (Å²) >= 11 is 12.0. The Labute approximate surface area is 156 Å². The van der Waals surface area contributed by atoms with Crippen LogP contribution in [0.3, 0.4) is 0 Å². The second-order valence-corrected chi connectivity index (χ2v) is 6.31. The van der Waals surface area contributed by atoms with E-state index in [-0.39, 0.29) is 0 Å². The molecule has 0 fully saturated rings. The van der Waals surface area contributed by atoms with Gasteiger partial charge in [-0.3, -0.25) is 0 Å². The van der Waals surface area contributed by atoms with Gasteiger partial charge in [0.1, 0.15) is 28.7 Å². The molecule has 1 N–H and O–H groups in total. The molecule has 1 heterocycles. The van der Waals surface area contributed by atoms with Crippen LogP contribution in [0.1, 0.15) is 11.3 Å². The Hall–Kier alpha value is -2.30. The fraction of sp³-hybridized carbons (Fsp3) is 0.158. The lowest BCUT2D eigenvalue weighted by Gasteiger charge is -2.09. The molecule has 0 aliphatic carbocycles. The van der Waals surface area contributed by atoms with E-state index in [0.717, 1.165) is 30.2 Å². The van der Waals surface area contributed by atoms with E-state index < -0.39 is 0 Å². The third-order valence-corrected chi connectivity index (χ3v) is 4.35. The highest BCUT2D eigenvalue weighted by atomic mass is 35.5. The highest BCUT2D eigenvalue weighted by Crippen LogP contribution is 2.24. The summed E-state index contributed by atoms with van der Waals surface area (Å²) in [7, 11) is 0. The first-order chi connectivity index (χ1) is 12.1. The Morgan fingerprint density at radius 2 is 1.56 bits per heavy atom. The number of rotatable bonds is 6. The smallest absolute Gasteiger partial charge is 0.148 e. The van der Waals surface area contributed by atoms with E-state index in [4.69, 9.17) is 27.9 Å². The van der Waals surface area contributed by atoms with Gasteiger partial charge in [-0.1, -0.05) is 35.3 Å². The first-order valence-corrected chi connectivity index (χ1v) is 8.61. The number of nitrogens with zero attached hydrogens (tertiary/aromatic N) is 2. The first-order valence-electron chi connectivity index (χ1n) is 7.85. The van der Waals surface area contributed by atoms with Crippen LogP contribution in [-0.4, -0.2) is 16.5 Å². The molecule has 1 aromatic heterocycles. The van der Waals surface area contributed by atoms with E-state index in [0.29, 0.717) is 15.9 Å². The second kappa shape index (κ2) is 8.19. The van der Waals surface area contributed by atoms with E-state index in [2.05, 4.69) is 15.3 Å². The number of anilines is 1. The van der Waals surface area contributed by atoms with Gasteiger partial charge in [-0.2, -0.15) is 0 Å². The average molecular weight is 374 g/mol. The number of aromatic nitrogens is 2. The fourth-order valence-electron chi connectivity index (χ4n) is 2.27. The lowest BCUT2D eigenvalue weighted by Crippen LogP contribution is -2.07. The number of benzene rings is 2. The van der Waals surface area contributed by atoms with Gasteiger partial charge in [-0.15, -0.1) is 0 Å². The van der Waals surface area contributed by atoms with E-state index in [1.807, 2.05) is 43.3 Å². The molecular formula is C19H17Cl2N3O. The molecule has 6 heteroatoms. The van der Waals surface area contributed by atoms with Crippen molar-refractivity contribution in [3.05, 3.63) is 76.2 Å². The second-order valence-electron chi connectivity index (χ2n) is 5.50. The van der Waals surface area contributed by atoms with Crippen LogP contribution in [0.2, 0.25) is 10.0 Å². The summed E-state index contributed by atoms with van der Waals surface area (Å²) in [6.45, 7) is 2.59. The van der Waals surface area contributed by atoms with Crippen molar-refractivity contribution in [1.82, 2.24) is 9.97 Å². The molecule has 0 aliphatic rings. The number of ether oxygens (including phenoxy) is 1. The topological polar surface area (TPSA) is 47.0 Å². The summed E-state index contributed by atoms with van der Waals surface area (Å²) in [5, 5.41) is 4.49. The molecule has 0 bridgehead atoms. The van der Waals surface area contributed by atoms with Gasteiger partial charge in [0.15, 0.2) is 0 Å². The Balaban J connectivity index is 1.54. The number of hydrogen-bond donors (Lipinski definition) is 1. The highest BCUT2D eigenvalue weighted by Gasteiger charge is 2.05. The summed E-state index contributed by atoms with van der Waals surface area (Å²) in [6, 6.07) is 15.3. The zero-order valence-corrected chi connectivity index (χ0v) is 15.2. The van der Waals surface area contributed by atoms with E-state index in [1.54, 1.807) is 12.1 Å². The molecule has 128 valence electrons. The lowest BCUT2D eigenvalue weighted by atomic mass is 10.1. The first kappa shape index (κ1) is 17.5. The van der Waals surface area contributed by atoms with E-state index in [9.17, 15) is 0 Å². The summed E-state index contributed by atoms with van der Waals surface area (Å²) in [5.41, 5.74) is 1.96. The maximum Gasteiger partial charge on any atom is 0.148 e. The molecule has 0 spiro atoms. The van der Waals surface area contributed by atoms with E-state index in [1.165, 1.54) is 11.9 Å². The Morgan fingerprint density at radius 3 is 2.24 bits per heavy atom. The maximum atomic E-state index is 6.17. The predicted octanol–water partition coefficient (Wildman–Crippen LogP) is 5.54. The number of hydrogen-bond acceptors (Lipinski definition) is 4. The van der Waals surface area contributed by atoms with Crippen molar-refractivity contribution in [2.45, 2.75) is 13.3 Å². The van der Waals surface area contributed by atoms with Gasteiger partial charge < -0.3 is 10.1 Å². The quantitative estimate of drug-likeness (QED) is 0.616. The summed E-state index contributed by atoms with van der Waals surface area (Å²) in [6.07, 6.45) is 2.35. The van der Waals surface area contributed by atoms with Crippen LogP contribution in [-0.2, 0) is 6.42 Å². The van der Waals surface area contributed by atoms with Crippen LogP contribution in [0.15, 0.2) is 54.9 Å². The third kappa shape index (κ3) is 4.84. The van der Waals surface area contributed by atoms with Crippen LogP contribution < -0.4 is 10.1 Å². The number of nitrogens with one attached hydrogen (secondary N) is 1. The van der Waals surface area contributed by atoms with Gasteiger partial charge in [0.05, 0.1) is 5.69 Å². The van der Waals surface area contributed by atoms with Gasteiger partial charge in [0, 0.05) is 11.6 Å². The van der Waals surface area contributed by atoms with Gasteiger partial charge in [0.2, 0.25) is 0 Å². The van der Waals surface area contributed by atoms with E-state index >= 15 is 0 Å². The molecule has 3 rings (SSSR count). The van der Waals surface area contributed by atoms with Crippen LogP contribution >= 0.6 is 23.2 Å². The number of aryl methyl sites for hydroxylation is 1. The zero-order valence-electron chi connectivity index (χ0n) is 13.7. The Bertz CT molecular complexity index is 836. The molecule has 25 heavy (non-hydrogen) atoms. The molecule has 0 amide bonds. The van der Waals surface area contributed by atoms with Crippen molar-refractivity contribution >= 4 is 29.0 Å². The van der Waals surface area contributed by atoms with Crippen LogP contribution in [0.25, 0.3) is 0 Å². The standard InChI is InChI=1S/C19H17Cl2N3O/c1-13-18(21)19(24-12-23-13)22-11-10-14-2-6-16(7-3-14)25-17-8-4-15(20)5-9-17/h2-9,12H,10-11H2,1H3,(H,22,23,24). The van der Waals surface area contributed by atoms with Gasteiger partial charge >= 0.3 is 0 Å². The largest absolute Gasteiger partial charge is 0.457 e. The van der Waals surface area contributed by atoms with Gasteiger partial charge in [0.25, 0.3) is 0 Å². The average Bonchev–Trinajstić information content (AvgIpc) is 2.62. The summed E-state index contributed by atoms with van der Waals surface area (Å²) in [5.74, 6) is 2.21. The van der Waals surface area contributed by atoms with Crippen molar-refractivity contribution < 1.29 is 4.74 Å².